The number of likely N-dealkylation sites (tertiary alicyclic amines) is 1. The molecule has 1 unspecified atom stereocenters. The van der Waals surface area contributed by atoms with Crippen LogP contribution in [0.5, 0.6) is 0 Å². The lowest BCUT2D eigenvalue weighted by Crippen LogP contribution is -2.39. The average molecular weight is 262 g/mol. The molecular formula is C12H26N2O2S. The fraction of sp³-hybridized carbons (Fsp3) is 1.00. The molecule has 0 radical (unpaired) electrons. The molecule has 1 saturated heterocycles. The van der Waals surface area contributed by atoms with Gasteiger partial charge in [-0.15, -0.1) is 0 Å². The van der Waals surface area contributed by atoms with Crippen molar-refractivity contribution < 1.29 is 8.42 Å². The molecule has 0 aromatic heterocycles. The minimum absolute atomic E-state index is 0.243. The highest BCUT2D eigenvalue weighted by Crippen LogP contribution is 2.15. The number of nitrogens with one attached hydrogen (secondary N) is 1. The highest BCUT2D eigenvalue weighted by atomic mass is 32.2. The van der Waals surface area contributed by atoms with E-state index in [0.717, 1.165) is 25.6 Å². The Morgan fingerprint density at radius 3 is 2.71 bits per heavy atom. The summed E-state index contributed by atoms with van der Waals surface area (Å²) in [5, 5.41) is 3.19. The summed E-state index contributed by atoms with van der Waals surface area (Å²) in [7, 11) is -2.81. The van der Waals surface area contributed by atoms with Crippen molar-refractivity contribution in [3.63, 3.8) is 0 Å². The molecule has 4 nitrogen and oxygen atoms in total. The maximum absolute atomic E-state index is 10.9. The zero-order valence-electron chi connectivity index (χ0n) is 11.1. The number of hydrogen-bond donors (Lipinski definition) is 1. The Bertz CT molecular complexity index is 304. The lowest BCUT2D eigenvalue weighted by Gasteiger charge is -2.33. The third kappa shape index (κ3) is 7.01. The third-order valence-corrected chi connectivity index (χ3v) is 4.33. The number of sulfone groups is 1. The van der Waals surface area contributed by atoms with E-state index in [9.17, 15) is 8.42 Å². The van der Waals surface area contributed by atoms with Crippen LogP contribution in [0.3, 0.4) is 0 Å². The van der Waals surface area contributed by atoms with Gasteiger partial charge in [-0.3, -0.25) is 0 Å². The van der Waals surface area contributed by atoms with Crippen LogP contribution in [0.25, 0.3) is 0 Å². The Labute approximate surface area is 106 Å². The molecule has 0 aromatic carbocycles. The number of hydrogen-bond acceptors (Lipinski definition) is 4. The van der Waals surface area contributed by atoms with E-state index in [2.05, 4.69) is 17.1 Å². The van der Waals surface area contributed by atoms with Crippen LogP contribution in [0.2, 0.25) is 0 Å². The summed E-state index contributed by atoms with van der Waals surface area (Å²) in [4.78, 5) is 2.54. The van der Waals surface area contributed by atoms with Crippen molar-refractivity contribution >= 4 is 9.84 Å². The van der Waals surface area contributed by atoms with E-state index in [1.165, 1.54) is 32.1 Å². The summed E-state index contributed by atoms with van der Waals surface area (Å²) in [6, 6.07) is 0.722. The van der Waals surface area contributed by atoms with Gasteiger partial charge in [-0.1, -0.05) is 6.42 Å². The van der Waals surface area contributed by atoms with Crippen LogP contribution in [0.4, 0.5) is 0 Å². The third-order valence-electron chi connectivity index (χ3n) is 3.39. The van der Waals surface area contributed by atoms with Gasteiger partial charge in [0.25, 0.3) is 0 Å². The topological polar surface area (TPSA) is 49.4 Å². The van der Waals surface area contributed by atoms with Gasteiger partial charge in [0.05, 0.1) is 5.75 Å². The normalized spacial score (nSPS) is 22.8. The van der Waals surface area contributed by atoms with Crippen LogP contribution in [0.1, 0.15) is 32.6 Å². The summed E-state index contributed by atoms with van der Waals surface area (Å²) in [6.07, 6.45) is 6.40. The molecule has 5 heteroatoms. The van der Waals surface area contributed by atoms with Gasteiger partial charge < -0.3 is 10.2 Å². The van der Waals surface area contributed by atoms with Gasteiger partial charge >= 0.3 is 0 Å². The van der Waals surface area contributed by atoms with Crippen LogP contribution >= 0.6 is 0 Å². The Morgan fingerprint density at radius 1 is 1.29 bits per heavy atom. The first-order chi connectivity index (χ1) is 7.99. The molecule has 0 bridgehead atoms. The van der Waals surface area contributed by atoms with Crippen molar-refractivity contribution in [1.29, 1.82) is 0 Å². The Balaban J connectivity index is 2.00. The molecule has 17 heavy (non-hydrogen) atoms. The van der Waals surface area contributed by atoms with Crippen molar-refractivity contribution in [3.05, 3.63) is 0 Å². The van der Waals surface area contributed by atoms with Gasteiger partial charge in [0, 0.05) is 18.8 Å². The summed E-state index contributed by atoms with van der Waals surface area (Å²) in [6.45, 7) is 6.15. The van der Waals surface area contributed by atoms with Crippen LogP contribution in [-0.2, 0) is 9.84 Å². The van der Waals surface area contributed by atoms with Gasteiger partial charge in [-0.2, -0.15) is 0 Å². The second-order valence-corrected chi connectivity index (χ2v) is 7.37. The van der Waals surface area contributed by atoms with E-state index in [4.69, 9.17) is 0 Å². The molecule has 0 aromatic rings. The van der Waals surface area contributed by atoms with Gasteiger partial charge in [0.1, 0.15) is 9.84 Å². The first kappa shape index (κ1) is 14.9. The van der Waals surface area contributed by atoms with Crippen molar-refractivity contribution in [2.45, 2.75) is 38.6 Å². The van der Waals surface area contributed by atoms with Gasteiger partial charge in [-0.05, 0) is 45.8 Å². The number of piperidine rings is 1. The standard InChI is InChI=1S/C12H26N2O2S/c1-12-6-3-4-9-14(12)10-5-7-13-8-11-17(2,15)16/h12-13H,3-11H2,1-2H3. The molecule has 0 saturated carbocycles. The first-order valence-electron chi connectivity index (χ1n) is 6.61. The van der Waals surface area contributed by atoms with E-state index in [0.29, 0.717) is 6.54 Å². The van der Waals surface area contributed by atoms with Gasteiger partial charge in [0.15, 0.2) is 0 Å². The molecule has 1 N–H and O–H groups in total. The second kappa shape index (κ2) is 7.34. The summed E-state index contributed by atoms with van der Waals surface area (Å²) in [5.41, 5.74) is 0. The maximum Gasteiger partial charge on any atom is 0.148 e. The Morgan fingerprint density at radius 2 is 2.06 bits per heavy atom. The number of rotatable bonds is 7. The van der Waals surface area contributed by atoms with E-state index in [-0.39, 0.29) is 5.75 Å². The van der Waals surface area contributed by atoms with Crippen LogP contribution in [0.15, 0.2) is 0 Å². The largest absolute Gasteiger partial charge is 0.316 e. The van der Waals surface area contributed by atoms with E-state index in [1.54, 1.807) is 0 Å². The Kier molecular flexibility index (Phi) is 6.44. The SMILES string of the molecule is CC1CCCCN1CCCNCCS(C)(=O)=O. The molecular weight excluding hydrogens is 236 g/mol. The zero-order valence-corrected chi connectivity index (χ0v) is 11.9. The molecule has 0 amide bonds. The van der Waals surface area contributed by atoms with Crippen LogP contribution in [-0.4, -0.2) is 57.5 Å². The van der Waals surface area contributed by atoms with Gasteiger partial charge in [0.2, 0.25) is 0 Å². The van der Waals surface area contributed by atoms with Crippen molar-refractivity contribution in [1.82, 2.24) is 10.2 Å². The summed E-state index contributed by atoms with van der Waals surface area (Å²) >= 11 is 0. The van der Waals surface area contributed by atoms with Crippen LogP contribution in [0, 0.1) is 0 Å². The monoisotopic (exact) mass is 262 g/mol. The predicted molar refractivity (Wildman–Crippen MR) is 72.1 cm³/mol. The lowest BCUT2D eigenvalue weighted by atomic mass is 10.0. The quantitative estimate of drug-likeness (QED) is 0.692. The molecule has 1 atom stereocenters. The molecule has 1 aliphatic rings. The number of nitrogens with zero attached hydrogens (tertiary/aromatic N) is 1. The molecule has 1 heterocycles. The second-order valence-electron chi connectivity index (χ2n) is 5.11. The highest BCUT2D eigenvalue weighted by molar-refractivity contribution is 7.90. The zero-order chi connectivity index (χ0) is 12.7. The smallest absolute Gasteiger partial charge is 0.148 e. The summed E-state index contributed by atoms with van der Waals surface area (Å²) in [5.74, 6) is 0.243. The van der Waals surface area contributed by atoms with E-state index in [1.807, 2.05) is 0 Å². The minimum atomic E-state index is -2.81. The van der Waals surface area contributed by atoms with Gasteiger partial charge in [-0.25, -0.2) is 8.42 Å². The van der Waals surface area contributed by atoms with Crippen molar-refractivity contribution in [2.75, 3.05) is 38.2 Å². The highest BCUT2D eigenvalue weighted by Gasteiger charge is 2.16. The minimum Gasteiger partial charge on any atom is -0.316 e. The fourth-order valence-corrected chi connectivity index (χ4v) is 2.79. The molecule has 1 fully saturated rings. The van der Waals surface area contributed by atoms with E-state index >= 15 is 0 Å². The lowest BCUT2D eigenvalue weighted by molar-refractivity contribution is 0.159. The molecule has 1 rings (SSSR count). The average Bonchev–Trinajstić information content (AvgIpc) is 2.24. The molecule has 0 spiro atoms. The van der Waals surface area contributed by atoms with E-state index < -0.39 is 9.84 Å². The van der Waals surface area contributed by atoms with Crippen molar-refractivity contribution in [2.24, 2.45) is 0 Å². The molecule has 1 aliphatic heterocycles. The Hall–Kier alpha value is -0.130. The maximum atomic E-state index is 10.9. The van der Waals surface area contributed by atoms with Crippen LogP contribution < -0.4 is 5.32 Å². The molecule has 102 valence electrons. The summed E-state index contributed by atoms with van der Waals surface area (Å²) < 4.78 is 21.8. The predicted octanol–water partition coefficient (Wildman–Crippen LogP) is 0.885. The van der Waals surface area contributed by atoms with Crippen molar-refractivity contribution in [3.8, 4) is 0 Å². The fourth-order valence-electron chi connectivity index (χ4n) is 2.28. The molecule has 0 aliphatic carbocycles. The first-order valence-corrected chi connectivity index (χ1v) is 8.67.